The lowest BCUT2D eigenvalue weighted by atomic mass is 10.2. The number of anilines is 2. The average molecular weight is 258 g/mol. The molecule has 1 aromatic heterocycles. The third-order valence-corrected chi connectivity index (χ3v) is 2.74. The fraction of sp³-hybridized carbons (Fsp3) is 0.167. The first-order valence-corrected chi connectivity index (χ1v) is 5.83. The van der Waals surface area contributed by atoms with E-state index in [-0.39, 0.29) is 5.82 Å². The van der Waals surface area contributed by atoms with Gasteiger partial charge < -0.3 is 11.5 Å². The van der Waals surface area contributed by atoms with Crippen molar-refractivity contribution in [3.63, 3.8) is 0 Å². The lowest BCUT2D eigenvalue weighted by molar-refractivity contribution is 0.148. The van der Waals surface area contributed by atoms with E-state index < -0.39 is 31.8 Å². The Labute approximate surface area is 88.5 Å². The van der Waals surface area contributed by atoms with E-state index in [0.29, 0.717) is 0 Å². The van der Waals surface area contributed by atoms with Gasteiger partial charge in [0.2, 0.25) is 0 Å². The fourth-order valence-corrected chi connectivity index (χ4v) is 2.01. The molecule has 0 aromatic carbocycles. The summed E-state index contributed by atoms with van der Waals surface area (Å²) in [5.41, 5.74) is 8.97. The van der Waals surface area contributed by atoms with Crippen LogP contribution in [-0.2, 0) is 9.05 Å². The molecule has 0 radical (unpaired) electrons. The standard InChI is InChI=1S/C6H6ClF2N3O2S/c7-15(13,14)6-4(5(8)9)2(10)1-3(11)12-6/h1,5H,(H4,10,11,12). The minimum atomic E-state index is -4.40. The summed E-state index contributed by atoms with van der Waals surface area (Å²) in [6.07, 6.45) is -3.10. The van der Waals surface area contributed by atoms with Gasteiger partial charge in [0.25, 0.3) is 15.5 Å². The molecule has 0 bridgehead atoms. The normalized spacial score (nSPS) is 12.0. The smallest absolute Gasteiger partial charge is 0.279 e. The van der Waals surface area contributed by atoms with Crippen molar-refractivity contribution in [1.82, 2.24) is 4.98 Å². The summed E-state index contributed by atoms with van der Waals surface area (Å²) >= 11 is 0. The molecule has 15 heavy (non-hydrogen) atoms. The van der Waals surface area contributed by atoms with Crippen molar-refractivity contribution >= 4 is 31.2 Å². The van der Waals surface area contributed by atoms with E-state index in [4.69, 9.17) is 22.1 Å². The van der Waals surface area contributed by atoms with Crippen molar-refractivity contribution in [2.45, 2.75) is 11.5 Å². The van der Waals surface area contributed by atoms with Crippen molar-refractivity contribution in [3.8, 4) is 0 Å². The van der Waals surface area contributed by atoms with Crippen molar-refractivity contribution in [3.05, 3.63) is 11.6 Å². The number of nitrogen functional groups attached to an aromatic ring is 2. The van der Waals surface area contributed by atoms with E-state index in [9.17, 15) is 17.2 Å². The summed E-state index contributed by atoms with van der Waals surface area (Å²) in [6.45, 7) is 0. The Morgan fingerprint density at radius 2 is 1.93 bits per heavy atom. The number of nitrogens with two attached hydrogens (primary N) is 2. The predicted octanol–water partition coefficient (Wildman–Crippen LogP) is 1.11. The molecule has 9 heteroatoms. The van der Waals surface area contributed by atoms with Gasteiger partial charge in [-0.25, -0.2) is 22.2 Å². The predicted molar refractivity (Wildman–Crippen MR) is 51.1 cm³/mol. The van der Waals surface area contributed by atoms with Crippen LogP contribution in [0.1, 0.15) is 12.0 Å². The van der Waals surface area contributed by atoms with Crippen molar-refractivity contribution in [1.29, 1.82) is 0 Å². The Morgan fingerprint density at radius 1 is 1.40 bits per heavy atom. The van der Waals surface area contributed by atoms with Crippen LogP contribution >= 0.6 is 10.7 Å². The number of hydrogen-bond acceptors (Lipinski definition) is 5. The molecule has 0 aliphatic carbocycles. The summed E-state index contributed by atoms with van der Waals surface area (Å²) < 4.78 is 46.8. The van der Waals surface area contributed by atoms with Crippen LogP contribution in [-0.4, -0.2) is 13.4 Å². The first kappa shape index (κ1) is 11.9. The van der Waals surface area contributed by atoms with Crippen molar-refractivity contribution in [2.24, 2.45) is 0 Å². The zero-order chi connectivity index (χ0) is 11.8. The van der Waals surface area contributed by atoms with Crippen LogP contribution in [0, 0.1) is 0 Å². The first-order chi connectivity index (χ1) is 6.73. The minimum Gasteiger partial charge on any atom is -0.398 e. The summed E-state index contributed by atoms with van der Waals surface area (Å²) in [6, 6.07) is 0.938. The molecule has 1 heterocycles. The molecule has 1 rings (SSSR count). The number of alkyl halides is 2. The largest absolute Gasteiger partial charge is 0.398 e. The SMILES string of the molecule is Nc1cc(N)c(C(F)F)c(S(=O)(=O)Cl)n1. The highest BCUT2D eigenvalue weighted by molar-refractivity contribution is 8.13. The molecule has 0 amide bonds. The molecule has 0 spiro atoms. The Kier molecular flexibility index (Phi) is 3.00. The second kappa shape index (κ2) is 3.78. The number of nitrogens with zero attached hydrogens (tertiary/aromatic N) is 1. The third kappa shape index (κ3) is 2.45. The second-order valence-corrected chi connectivity index (χ2v) is 5.07. The monoisotopic (exact) mass is 257 g/mol. The van der Waals surface area contributed by atoms with E-state index in [1.807, 2.05) is 0 Å². The maximum absolute atomic E-state index is 12.5. The molecule has 4 N–H and O–H groups in total. The maximum atomic E-state index is 12.5. The van der Waals surface area contributed by atoms with Crippen LogP contribution in [0.2, 0.25) is 0 Å². The van der Waals surface area contributed by atoms with Crippen LogP contribution in [0.25, 0.3) is 0 Å². The van der Waals surface area contributed by atoms with Crippen LogP contribution in [0.4, 0.5) is 20.3 Å². The molecule has 0 atom stereocenters. The van der Waals surface area contributed by atoms with Crippen LogP contribution < -0.4 is 11.5 Å². The zero-order valence-electron chi connectivity index (χ0n) is 7.12. The van der Waals surface area contributed by atoms with Crippen LogP contribution in [0.5, 0.6) is 0 Å². The molecule has 0 fully saturated rings. The molecule has 0 saturated heterocycles. The van der Waals surface area contributed by atoms with Gasteiger partial charge in [0.15, 0.2) is 5.03 Å². The second-order valence-electron chi connectivity index (χ2n) is 2.59. The fourth-order valence-electron chi connectivity index (χ4n) is 0.975. The highest BCUT2D eigenvalue weighted by Gasteiger charge is 2.26. The van der Waals surface area contributed by atoms with E-state index >= 15 is 0 Å². The van der Waals surface area contributed by atoms with Gasteiger partial charge >= 0.3 is 0 Å². The average Bonchev–Trinajstić information content (AvgIpc) is 1.99. The Bertz CT molecular complexity index is 491. The van der Waals surface area contributed by atoms with Gasteiger partial charge in [-0.15, -0.1) is 0 Å². The lowest BCUT2D eigenvalue weighted by Crippen LogP contribution is -2.08. The van der Waals surface area contributed by atoms with Gasteiger partial charge in [-0.3, -0.25) is 0 Å². The summed E-state index contributed by atoms with van der Waals surface area (Å²) in [5, 5.41) is -1.00. The Hall–Kier alpha value is -1.15. The molecule has 1 aromatic rings. The zero-order valence-corrected chi connectivity index (χ0v) is 8.69. The number of hydrogen-bond donors (Lipinski definition) is 2. The highest BCUT2D eigenvalue weighted by Crippen LogP contribution is 2.32. The summed E-state index contributed by atoms with van der Waals surface area (Å²) in [4.78, 5) is 3.22. The summed E-state index contributed by atoms with van der Waals surface area (Å²) in [7, 11) is 0.515. The quantitative estimate of drug-likeness (QED) is 0.773. The van der Waals surface area contributed by atoms with Gasteiger partial charge in [0.05, 0.1) is 5.56 Å². The van der Waals surface area contributed by atoms with Gasteiger partial charge in [0.1, 0.15) is 5.82 Å². The third-order valence-electron chi connectivity index (χ3n) is 1.52. The molecular formula is C6H6ClF2N3O2S. The van der Waals surface area contributed by atoms with E-state index in [2.05, 4.69) is 4.98 Å². The number of aromatic nitrogens is 1. The summed E-state index contributed by atoms with van der Waals surface area (Å²) in [5.74, 6) is -0.295. The molecule has 0 unspecified atom stereocenters. The maximum Gasteiger partial charge on any atom is 0.279 e. The Balaban J connectivity index is 3.62. The van der Waals surface area contributed by atoms with Crippen molar-refractivity contribution < 1.29 is 17.2 Å². The molecule has 0 aliphatic heterocycles. The first-order valence-electron chi connectivity index (χ1n) is 3.52. The molecule has 0 saturated carbocycles. The van der Waals surface area contributed by atoms with Crippen LogP contribution in [0.15, 0.2) is 11.1 Å². The topological polar surface area (TPSA) is 99.1 Å². The molecule has 84 valence electrons. The number of halogens is 3. The van der Waals surface area contributed by atoms with E-state index in [0.717, 1.165) is 6.07 Å². The molecule has 0 aliphatic rings. The lowest BCUT2D eigenvalue weighted by Gasteiger charge is -2.08. The highest BCUT2D eigenvalue weighted by atomic mass is 35.7. The van der Waals surface area contributed by atoms with Crippen molar-refractivity contribution in [2.75, 3.05) is 11.5 Å². The number of pyridine rings is 1. The molecule has 5 nitrogen and oxygen atoms in total. The van der Waals surface area contributed by atoms with E-state index in [1.165, 1.54) is 0 Å². The number of rotatable bonds is 2. The van der Waals surface area contributed by atoms with Gasteiger partial charge in [0, 0.05) is 22.4 Å². The van der Waals surface area contributed by atoms with Crippen LogP contribution in [0.3, 0.4) is 0 Å². The molecular weight excluding hydrogens is 252 g/mol. The van der Waals surface area contributed by atoms with Gasteiger partial charge in [-0.2, -0.15) is 0 Å². The van der Waals surface area contributed by atoms with Gasteiger partial charge in [-0.05, 0) is 0 Å². The minimum absolute atomic E-state index is 0.295. The Morgan fingerprint density at radius 3 is 2.33 bits per heavy atom. The van der Waals surface area contributed by atoms with E-state index in [1.54, 1.807) is 0 Å². The van der Waals surface area contributed by atoms with Gasteiger partial charge in [-0.1, -0.05) is 0 Å².